The predicted octanol–water partition coefficient (Wildman–Crippen LogP) is 13.7. The summed E-state index contributed by atoms with van der Waals surface area (Å²) in [4.78, 5) is 0. The molecule has 0 saturated heterocycles. The topological polar surface area (TPSA) is 13.1 Å². The van der Waals surface area contributed by atoms with Gasteiger partial charge in [0.1, 0.15) is 11.2 Å². The first kappa shape index (κ1) is 16.1. The van der Waals surface area contributed by atoms with Gasteiger partial charge in [-0.05, 0) is 101 Å². The second kappa shape index (κ2) is 11.1. The van der Waals surface area contributed by atoms with Crippen LogP contribution in [0.25, 0.3) is 98.8 Å². The van der Waals surface area contributed by atoms with Crippen LogP contribution in [0, 0.1) is 0 Å². The quantitative estimate of drug-likeness (QED) is 0.175. The first-order valence-corrected chi connectivity index (χ1v) is 15.5. The Balaban J connectivity index is 1.26. The molecular formula is C48H30O. The number of furan rings is 1. The summed E-state index contributed by atoms with van der Waals surface area (Å²) in [6, 6.07) is 16.6. The zero-order valence-corrected chi connectivity index (χ0v) is 25.5. The van der Waals surface area contributed by atoms with Crippen LogP contribution in [0.4, 0.5) is 0 Å². The van der Waals surface area contributed by atoms with Crippen molar-refractivity contribution in [2.24, 2.45) is 0 Å². The van der Waals surface area contributed by atoms with Crippen molar-refractivity contribution in [3.8, 4) is 44.5 Å². The number of fused-ring (bicyclic) bond motifs is 6. The molecule has 0 unspecified atom stereocenters. The van der Waals surface area contributed by atoms with E-state index >= 15 is 0 Å². The number of hydrogen-bond acceptors (Lipinski definition) is 1. The summed E-state index contributed by atoms with van der Waals surface area (Å²) in [7, 11) is 0. The van der Waals surface area contributed by atoms with Crippen molar-refractivity contribution < 1.29 is 26.3 Å². The zero-order chi connectivity index (χ0) is 46.2. The molecule has 228 valence electrons. The van der Waals surface area contributed by atoms with Crippen molar-refractivity contribution in [2.45, 2.75) is 0 Å². The lowest BCUT2D eigenvalue weighted by Crippen LogP contribution is -1.91. The molecule has 0 saturated carbocycles. The summed E-state index contributed by atoms with van der Waals surface area (Å²) < 4.78 is 146. The van der Waals surface area contributed by atoms with Gasteiger partial charge in [-0.3, -0.25) is 0 Å². The van der Waals surface area contributed by atoms with E-state index in [2.05, 4.69) is 0 Å². The molecule has 0 aliphatic heterocycles. The Kier molecular flexibility index (Phi) is 3.64. The Bertz CT molecular complexity index is 3680. The van der Waals surface area contributed by atoms with Crippen LogP contribution in [0.3, 0.4) is 0 Å². The fourth-order valence-electron chi connectivity index (χ4n) is 6.74. The predicted molar refractivity (Wildman–Crippen MR) is 208 cm³/mol. The molecule has 0 aliphatic carbocycles. The number of hydrogen-bond donors (Lipinski definition) is 0. The minimum atomic E-state index is -0.678. The standard InChI is InChI=1S/C48H30O/c1-2-11-31(12-3-1)37-27-28-44-43(30-37)48-42(19-10-20-45(48)49-44)47-40-17-8-6-15-38(40)46(39-16-7-9-18-41(39)47)34-24-21-33(22-25-34)36-26-23-32-13-4-5-14-35(32)29-36/h1-30H/i1D,2D,3D,4D,5D,11D,12D,13D,14D,21D,22D,23D,24D,25D,26D,29D. The molecule has 1 aromatic heterocycles. The molecule has 1 heteroatoms. The van der Waals surface area contributed by atoms with Gasteiger partial charge in [0, 0.05) is 10.8 Å². The van der Waals surface area contributed by atoms with Crippen LogP contribution in [-0.4, -0.2) is 0 Å². The molecule has 0 atom stereocenters. The summed E-state index contributed by atoms with van der Waals surface area (Å²) in [6.07, 6.45) is 0. The minimum Gasteiger partial charge on any atom is -0.456 e. The van der Waals surface area contributed by atoms with Crippen molar-refractivity contribution >= 4 is 54.3 Å². The van der Waals surface area contributed by atoms with Crippen LogP contribution in [-0.2, 0) is 0 Å². The molecule has 10 aromatic rings. The Labute approximate surface area is 306 Å². The van der Waals surface area contributed by atoms with Gasteiger partial charge < -0.3 is 4.42 Å². The maximum Gasteiger partial charge on any atom is 0.136 e. The highest BCUT2D eigenvalue weighted by Crippen LogP contribution is 2.47. The van der Waals surface area contributed by atoms with Crippen molar-refractivity contribution in [3.63, 3.8) is 0 Å². The molecule has 0 radical (unpaired) electrons. The number of benzene rings is 9. The Morgan fingerprint density at radius 2 is 1.00 bits per heavy atom. The monoisotopic (exact) mass is 638 g/mol. The first-order chi connectivity index (χ1) is 31.0. The summed E-state index contributed by atoms with van der Waals surface area (Å²) >= 11 is 0. The van der Waals surface area contributed by atoms with Crippen LogP contribution in [0.2, 0.25) is 0 Å². The van der Waals surface area contributed by atoms with Crippen molar-refractivity contribution in [1.82, 2.24) is 0 Å². The Morgan fingerprint density at radius 1 is 0.388 bits per heavy atom. The van der Waals surface area contributed by atoms with Gasteiger partial charge in [0.25, 0.3) is 0 Å². The first-order valence-electron chi connectivity index (χ1n) is 23.5. The highest BCUT2D eigenvalue weighted by molar-refractivity contribution is 6.25. The van der Waals surface area contributed by atoms with Crippen LogP contribution in [0.5, 0.6) is 0 Å². The molecule has 0 N–H and O–H groups in total. The van der Waals surface area contributed by atoms with E-state index in [1.165, 1.54) is 0 Å². The van der Waals surface area contributed by atoms with Gasteiger partial charge in [-0.1, -0.05) is 157 Å². The minimum absolute atomic E-state index is 0.0439. The van der Waals surface area contributed by atoms with Gasteiger partial charge in [0.15, 0.2) is 0 Å². The summed E-state index contributed by atoms with van der Waals surface area (Å²) in [6.45, 7) is 0. The lowest BCUT2D eigenvalue weighted by atomic mass is 9.84. The fraction of sp³-hybridized carbons (Fsp3) is 0. The fourth-order valence-corrected chi connectivity index (χ4v) is 6.74. The highest BCUT2D eigenvalue weighted by atomic mass is 16.3. The molecular weight excluding hydrogens is 593 g/mol. The van der Waals surface area contributed by atoms with Gasteiger partial charge in [0.05, 0.1) is 21.9 Å². The normalized spacial score (nSPS) is 16.2. The van der Waals surface area contributed by atoms with Crippen molar-refractivity contribution in [3.05, 3.63) is 182 Å². The van der Waals surface area contributed by atoms with Crippen LogP contribution < -0.4 is 0 Å². The lowest BCUT2D eigenvalue weighted by molar-refractivity contribution is 0.669. The Hall–Kier alpha value is -6.44. The van der Waals surface area contributed by atoms with E-state index in [-0.39, 0.29) is 34.0 Å². The average molecular weight is 639 g/mol. The van der Waals surface area contributed by atoms with Crippen LogP contribution in [0.1, 0.15) is 21.9 Å². The number of rotatable bonds is 4. The second-order valence-corrected chi connectivity index (χ2v) is 11.6. The maximum atomic E-state index is 9.51. The van der Waals surface area contributed by atoms with E-state index in [0.29, 0.717) is 54.6 Å². The zero-order valence-electron chi connectivity index (χ0n) is 41.5. The third-order valence-corrected chi connectivity index (χ3v) is 8.86. The van der Waals surface area contributed by atoms with E-state index in [0.717, 1.165) is 11.1 Å². The third-order valence-electron chi connectivity index (χ3n) is 8.86. The lowest BCUT2D eigenvalue weighted by Gasteiger charge is -2.18. The molecule has 0 spiro atoms. The highest BCUT2D eigenvalue weighted by Gasteiger charge is 2.20. The molecule has 0 amide bonds. The van der Waals surface area contributed by atoms with Gasteiger partial charge in [-0.25, -0.2) is 0 Å². The van der Waals surface area contributed by atoms with Crippen LogP contribution >= 0.6 is 0 Å². The summed E-state index contributed by atoms with van der Waals surface area (Å²) in [5, 5.41) is 3.06. The molecule has 49 heavy (non-hydrogen) atoms. The van der Waals surface area contributed by atoms with Crippen molar-refractivity contribution in [1.29, 1.82) is 0 Å². The largest absolute Gasteiger partial charge is 0.456 e. The molecule has 1 heterocycles. The summed E-state index contributed by atoms with van der Waals surface area (Å²) in [5.41, 5.74) is 2.32. The second-order valence-electron chi connectivity index (χ2n) is 11.6. The van der Waals surface area contributed by atoms with E-state index in [1.807, 2.05) is 54.6 Å². The van der Waals surface area contributed by atoms with Crippen LogP contribution in [0.15, 0.2) is 186 Å². The molecule has 1 nitrogen and oxygen atoms in total. The van der Waals surface area contributed by atoms with E-state index in [4.69, 9.17) is 20.9 Å². The van der Waals surface area contributed by atoms with E-state index in [1.54, 1.807) is 30.3 Å². The SMILES string of the molecule is [2H]c1c([2H])c([2H])c(-c2ccc3oc4cccc(-c5c6ccccc6c(-c6c([2H])c([2H])c(-c7c([2H])c([2H])c8c([2H])c([2H])c([2H])c([2H])c8c7[2H])c([2H])c6[2H])c6ccccc56)c4c3c2)c([2H])c1[2H]. The average Bonchev–Trinajstić information content (AvgIpc) is 3.69. The Morgan fingerprint density at radius 3 is 1.73 bits per heavy atom. The molecule has 9 aromatic carbocycles. The van der Waals surface area contributed by atoms with Gasteiger partial charge >= 0.3 is 0 Å². The summed E-state index contributed by atoms with van der Waals surface area (Å²) in [5.74, 6) is 0. The third kappa shape index (κ3) is 4.47. The van der Waals surface area contributed by atoms with E-state index in [9.17, 15) is 5.48 Å². The van der Waals surface area contributed by atoms with E-state index < -0.39 is 95.7 Å². The smallest absolute Gasteiger partial charge is 0.136 e. The molecule has 0 fully saturated rings. The maximum absolute atomic E-state index is 9.51. The van der Waals surface area contributed by atoms with Gasteiger partial charge in [-0.15, -0.1) is 0 Å². The molecule has 0 aliphatic rings. The van der Waals surface area contributed by atoms with Gasteiger partial charge in [-0.2, -0.15) is 0 Å². The molecule has 10 rings (SSSR count). The van der Waals surface area contributed by atoms with Crippen molar-refractivity contribution in [2.75, 3.05) is 0 Å². The van der Waals surface area contributed by atoms with Gasteiger partial charge in [0.2, 0.25) is 0 Å². The molecule has 0 bridgehead atoms.